The van der Waals surface area contributed by atoms with E-state index in [2.05, 4.69) is 17.0 Å². The Balaban J connectivity index is 1.39. The number of aryl methyl sites for hydroxylation is 2. The van der Waals surface area contributed by atoms with E-state index in [0.29, 0.717) is 44.2 Å². The molecular weight excluding hydrogens is 422 g/mol. The van der Waals surface area contributed by atoms with Crippen molar-refractivity contribution >= 4 is 15.9 Å². The molecule has 0 aromatic heterocycles. The predicted molar refractivity (Wildman–Crippen MR) is 126 cm³/mol. The van der Waals surface area contributed by atoms with Gasteiger partial charge in [0.2, 0.25) is 15.9 Å². The highest BCUT2D eigenvalue weighted by Gasteiger charge is 2.32. The van der Waals surface area contributed by atoms with Crippen molar-refractivity contribution in [3.05, 3.63) is 63.7 Å². The summed E-state index contributed by atoms with van der Waals surface area (Å²) in [5.74, 6) is 0.122. The summed E-state index contributed by atoms with van der Waals surface area (Å²) in [7, 11) is -3.56. The highest BCUT2D eigenvalue weighted by atomic mass is 32.2. The van der Waals surface area contributed by atoms with Crippen LogP contribution in [0.5, 0.6) is 0 Å². The lowest BCUT2D eigenvalue weighted by molar-refractivity contribution is -0.133. The molecule has 1 fully saturated rings. The molecule has 4 rings (SSSR count). The van der Waals surface area contributed by atoms with E-state index >= 15 is 0 Å². The van der Waals surface area contributed by atoms with E-state index in [1.807, 2.05) is 50.8 Å². The van der Waals surface area contributed by atoms with Crippen molar-refractivity contribution < 1.29 is 13.2 Å². The third-order valence-corrected chi connectivity index (χ3v) is 9.24. The fraction of sp³-hybridized carbons (Fsp3) is 0.480. The van der Waals surface area contributed by atoms with Gasteiger partial charge < -0.3 is 4.90 Å². The highest BCUT2D eigenvalue weighted by molar-refractivity contribution is 7.89. The Morgan fingerprint density at radius 1 is 0.875 bits per heavy atom. The number of carbonyl (C=O) groups is 1. The second-order valence-electron chi connectivity index (χ2n) is 9.10. The lowest BCUT2D eigenvalue weighted by Gasteiger charge is -2.36. The molecule has 2 aromatic rings. The maximum Gasteiger partial charge on any atom is 0.243 e. The van der Waals surface area contributed by atoms with E-state index in [1.165, 1.54) is 11.1 Å². The minimum atomic E-state index is -3.56. The predicted octanol–water partition coefficient (Wildman–Crippen LogP) is 2.81. The number of nitrogens with zero attached hydrogens (tertiary/aromatic N) is 3. The van der Waals surface area contributed by atoms with Crippen LogP contribution in [0.25, 0.3) is 0 Å². The maximum atomic E-state index is 13.5. The van der Waals surface area contributed by atoms with Crippen molar-refractivity contribution in [1.82, 2.24) is 14.1 Å². The van der Waals surface area contributed by atoms with E-state index in [9.17, 15) is 13.2 Å². The van der Waals surface area contributed by atoms with Crippen molar-refractivity contribution in [2.45, 2.75) is 45.6 Å². The van der Waals surface area contributed by atoms with E-state index in [1.54, 1.807) is 4.31 Å². The molecular formula is C25H33N3O3S. The number of sulfonamides is 1. The third kappa shape index (κ3) is 4.34. The summed E-state index contributed by atoms with van der Waals surface area (Å²) in [5.41, 5.74) is 6.21. The van der Waals surface area contributed by atoms with Gasteiger partial charge in [-0.05, 0) is 67.5 Å². The quantitative estimate of drug-likeness (QED) is 0.711. The van der Waals surface area contributed by atoms with Crippen molar-refractivity contribution in [3.63, 3.8) is 0 Å². The number of fused-ring (bicyclic) bond motifs is 1. The number of piperazine rings is 1. The Bertz CT molecular complexity index is 1110. The first-order valence-corrected chi connectivity index (χ1v) is 12.8. The van der Waals surface area contributed by atoms with Crippen LogP contribution in [0.3, 0.4) is 0 Å². The van der Waals surface area contributed by atoms with Crippen molar-refractivity contribution in [2.75, 3.05) is 39.3 Å². The summed E-state index contributed by atoms with van der Waals surface area (Å²) in [6, 6.07) is 10.3. The van der Waals surface area contributed by atoms with Gasteiger partial charge in [-0.15, -0.1) is 0 Å². The SMILES string of the molecule is Cc1cc(C)c(C)c(S(=O)(=O)N2CCN(CC(=O)N3CCc4ccccc4C3)CC2)c1C. The van der Waals surface area contributed by atoms with Crippen LogP contribution < -0.4 is 0 Å². The molecule has 0 saturated carbocycles. The first-order chi connectivity index (χ1) is 15.2. The molecule has 0 radical (unpaired) electrons. The number of amides is 1. The van der Waals surface area contributed by atoms with Crippen LogP contribution in [0.1, 0.15) is 33.4 Å². The van der Waals surface area contributed by atoms with Gasteiger partial charge in [-0.1, -0.05) is 30.3 Å². The molecule has 32 heavy (non-hydrogen) atoms. The van der Waals surface area contributed by atoms with Crippen LogP contribution in [0.2, 0.25) is 0 Å². The minimum absolute atomic E-state index is 0.122. The number of benzene rings is 2. The van der Waals surface area contributed by atoms with Gasteiger partial charge >= 0.3 is 0 Å². The molecule has 2 aliphatic heterocycles. The average molecular weight is 456 g/mol. The molecule has 2 aromatic carbocycles. The summed E-state index contributed by atoms with van der Waals surface area (Å²) < 4.78 is 28.5. The highest BCUT2D eigenvalue weighted by Crippen LogP contribution is 2.29. The van der Waals surface area contributed by atoms with Gasteiger partial charge in [-0.25, -0.2) is 8.42 Å². The third-order valence-electron chi connectivity index (χ3n) is 7.07. The van der Waals surface area contributed by atoms with Gasteiger partial charge in [0.1, 0.15) is 0 Å². The molecule has 0 bridgehead atoms. The molecule has 1 amide bonds. The van der Waals surface area contributed by atoms with E-state index in [0.717, 1.165) is 35.2 Å². The Labute approximate surface area is 191 Å². The Morgan fingerprint density at radius 3 is 2.09 bits per heavy atom. The summed E-state index contributed by atoms with van der Waals surface area (Å²) >= 11 is 0. The fourth-order valence-electron chi connectivity index (χ4n) is 4.82. The van der Waals surface area contributed by atoms with Crippen LogP contribution in [0.15, 0.2) is 35.2 Å². The van der Waals surface area contributed by atoms with E-state index in [4.69, 9.17) is 0 Å². The van der Waals surface area contributed by atoms with E-state index in [-0.39, 0.29) is 5.91 Å². The zero-order chi connectivity index (χ0) is 23.0. The second-order valence-corrected chi connectivity index (χ2v) is 11.0. The van der Waals surface area contributed by atoms with Crippen molar-refractivity contribution in [3.8, 4) is 0 Å². The fourth-order valence-corrected chi connectivity index (χ4v) is 6.82. The lowest BCUT2D eigenvalue weighted by Crippen LogP contribution is -2.52. The largest absolute Gasteiger partial charge is 0.337 e. The maximum absolute atomic E-state index is 13.5. The monoisotopic (exact) mass is 455 g/mol. The normalized spacial score (nSPS) is 17.9. The Kier molecular flexibility index (Phi) is 6.43. The van der Waals surface area contributed by atoms with Gasteiger partial charge in [0.15, 0.2) is 0 Å². The Morgan fingerprint density at radius 2 is 1.47 bits per heavy atom. The molecule has 0 unspecified atom stereocenters. The smallest absolute Gasteiger partial charge is 0.243 e. The zero-order valence-corrected chi connectivity index (χ0v) is 20.3. The number of hydrogen-bond acceptors (Lipinski definition) is 4. The topological polar surface area (TPSA) is 60.9 Å². The van der Waals surface area contributed by atoms with Gasteiger partial charge in [-0.3, -0.25) is 9.69 Å². The molecule has 0 spiro atoms. The number of rotatable bonds is 4. The molecule has 2 aliphatic rings. The number of carbonyl (C=O) groups excluding carboxylic acids is 1. The van der Waals surface area contributed by atoms with E-state index < -0.39 is 10.0 Å². The average Bonchev–Trinajstić information content (AvgIpc) is 2.78. The van der Waals surface area contributed by atoms with Crippen LogP contribution in [-0.2, 0) is 27.8 Å². The summed E-state index contributed by atoms with van der Waals surface area (Å²) in [5, 5.41) is 0. The van der Waals surface area contributed by atoms with Crippen LogP contribution in [-0.4, -0.2) is 67.7 Å². The molecule has 0 aliphatic carbocycles. The van der Waals surface area contributed by atoms with Crippen LogP contribution in [0, 0.1) is 27.7 Å². The molecule has 0 N–H and O–H groups in total. The molecule has 0 atom stereocenters. The minimum Gasteiger partial charge on any atom is -0.337 e. The standard InChI is InChI=1S/C25H33N3O3S/c1-18-15-19(2)21(4)25(20(18)3)32(30,31)28-13-11-26(12-14-28)17-24(29)27-10-9-22-7-5-6-8-23(22)16-27/h5-8,15H,9-14,16-17H2,1-4H3. The number of hydrogen-bond donors (Lipinski definition) is 0. The Hall–Kier alpha value is -2.22. The molecule has 172 valence electrons. The summed E-state index contributed by atoms with van der Waals surface area (Å²) in [6.45, 7) is 11.4. The van der Waals surface area contributed by atoms with Gasteiger partial charge in [0.25, 0.3) is 0 Å². The zero-order valence-electron chi connectivity index (χ0n) is 19.5. The van der Waals surface area contributed by atoms with Gasteiger partial charge in [0, 0.05) is 39.3 Å². The molecule has 1 saturated heterocycles. The second kappa shape index (κ2) is 8.96. The first kappa shape index (κ1) is 23.0. The molecule has 7 heteroatoms. The summed E-state index contributed by atoms with van der Waals surface area (Å²) in [4.78, 5) is 17.3. The molecule has 2 heterocycles. The van der Waals surface area contributed by atoms with Crippen molar-refractivity contribution in [2.24, 2.45) is 0 Å². The van der Waals surface area contributed by atoms with Gasteiger partial charge in [-0.2, -0.15) is 4.31 Å². The lowest BCUT2D eigenvalue weighted by atomic mass is 10.00. The van der Waals surface area contributed by atoms with Crippen molar-refractivity contribution in [1.29, 1.82) is 0 Å². The summed E-state index contributed by atoms with van der Waals surface area (Å²) in [6.07, 6.45) is 0.891. The van der Waals surface area contributed by atoms with Crippen LogP contribution >= 0.6 is 0 Å². The van der Waals surface area contributed by atoms with Gasteiger partial charge in [0.05, 0.1) is 11.4 Å². The molecule has 6 nitrogen and oxygen atoms in total. The van der Waals surface area contributed by atoms with Crippen LogP contribution in [0.4, 0.5) is 0 Å². The first-order valence-electron chi connectivity index (χ1n) is 11.3.